The normalized spacial score (nSPS) is 19.2. The summed E-state index contributed by atoms with van der Waals surface area (Å²) in [5.41, 5.74) is 0.614. The highest BCUT2D eigenvalue weighted by Crippen LogP contribution is 2.25. The van der Waals surface area contributed by atoms with Crippen molar-refractivity contribution in [1.82, 2.24) is 10.6 Å². The molecule has 0 spiro atoms. The Morgan fingerprint density at radius 3 is 2.81 bits per heavy atom. The van der Waals surface area contributed by atoms with Gasteiger partial charge in [-0.3, -0.25) is 4.79 Å². The average Bonchev–Trinajstić information content (AvgIpc) is 3.39. The fraction of sp³-hybridized carbons (Fsp3) is 0.348. The van der Waals surface area contributed by atoms with Crippen LogP contribution < -0.4 is 15.4 Å². The number of carbonyl (C=O) groups is 1. The number of ether oxygens (including phenoxy) is 1. The molecule has 1 aromatic heterocycles. The summed E-state index contributed by atoms with van der Waals surface area (Å²) in [4.78, 5) is 12.5. The minimum atomic E-state index is -0.759. The molecule has 4 rings (SSSR count). The monoisotopic (exact) mass is 480 g/mol. The number of hydrogen-bond acceptors (Lipinski definition) is 5. The van der Waals surface area contributed by atoms with Crippen LogP contribution in [0.4, 0.5) is 4.39 Å². The van der Waals surface area contributed by atoms with Crippen molar-refractivity contribution in [1.29, 1.82) is 0 Å². The third-order valence-corrected chi connectivity index (χ3v) is 5.99. The van der Waals surface area contributed by atoms with Crippen LogP contribution in [0.5, 0.6) is 5.75 Å². The number of amides is 1. The summed E-state index contributed by atoms with van der Waals surface area (Å²) in [5.74, 6) is -0.263. The number of carbonyl (C=O) groups excluding carboxylic acids is 1. The average molecular weight is 481 g/mol. The topological polar surface area (TPSA) is 83.7 Å². The Kier molecular flexibility index (Phi) is 7.20. The summed E-state index contributed by atoms with van der Waals surface area (Å²) in [6, 6.07) is 11.2. The zero-order valence-electron chi connectivity index (χ0n) is 17.1. The Bertz CT molecular complexity index is 1110. The summed E-state index contributed by atoms with van der Waals surface area (Å²) in [6.45, 7) is 0.350. The van der Waals surface area contributed by atoms with Crippen LogP contribution >= 0.6 is 23.2 Å². The molecule has 0 bridgehead atoms. The SMILES string of the molecule is O=C(N[C@H]1CC[C@H](NCC(O)COc2ccc(Cl)c(F)c2)C1)c1cc2cc(Cl)ccc2o1. The number of halogens is 3. The second-order valence-electron chi connectivity index (χ2n) is 7.92. The molecule has 32 heavy (non-hydrogen) atoms. The number of nitrogens with one attached hydrogen (secondary N) is 2. The minimum absolute atomic E-state index is 0.0160. The number of fused-ring (bicyclic) bond motifs is 1. The lowest BCUT2D eigenvalue weighted by molar-refractivity contribution is 0.0910. The lowest BCUT2D eigenvalue weighted by atomic mass is 10.2. The van der Waals surface area contributed by atoms with E-state index in [9.17, 15) is 14.3 Å². The van der Waals surface area contributed by atoms with Crippen molar-refractivity contribution in [2.75, 3.05) is 13.2 Å². The zero-order valence-corrected chi connectivity index (χ0v) is 18.6. The van der Waals surface area contributed by atoms with E-state index in [1.54, 1.807) is 30.3 Å². The summed E-state index contributed by atoms with van der Waals surface area (Å²) in [6.07, 6.45) is 1.68. The molecule has 3 aromatic rings. The number of aliphatic hydroxyl groups is 1. The van der Waals surface area contributed by atoms with E-state index in [-0.39, 0.29) is 35.4 Å². The van der Waals surface area contributed by atoms with Gasteiger partial charge in [0, 0.05) is 35.1 Å². The Balaban J connectivity index is 1.20. The minimum Gasteiger partial charge on any atom is -0.491 e. The Morgan fingerprint density at radius 2 is 2.00 bits per heavy atom. The lowest BCUT2D eigenvalue weighted by Crippen LogP contribution is -2.39. The fourth-order valence-electron chi connectivity index (χ4n) is 3.80. The van der Waals surface area contributed by atoms with Crippen molar-refractivity contribution < 1.29 is 23.4 Å². The van der Waals surface area contributed by atoms with Gasteiger partial charge < -0.3 is 24.9 Å². The number of rotatable bonds is 8. The molecule has 1 unspecified atom stereocenters. The number of benzene rings is 2. The van der Waals surface area contributed by atoms with Gasteiger partial charge in [-0.25, -0.2) is 4.39 Å². The molecule has 170 valence electrons. The van der Waals surface area contributed by atoms with Gasteiger partial charge in [0.15, 0.2) is 5.76 Å². The van der Waals surface area contributed by atoms with E-state index >= 15 is 0 Å². The molecule has 1 fully saturated rings. The first kappa shape index (κ1) is 22.9. The first-order valence-electron chi connectivity index (χ1n) is 10.4. The van der Waals surface area contributed by atoms with Crippen LogP contribution in [0, 0.1) is 5.82 Å². The summed E-state index contributed by atoms with van der Waals surface area (Å²) >= 11 is 11.6. The van der Waals surface area contributed by atoms with Gasteiger partial charge in [-0.1, -0.05) is 23.2 Å². The molecule has 1 heterocycles. The van der Waals surface area contributed by atoms with Gasteiger partial charge in [0.2, 0.25) is 0 Å². The Labute approximate surface area is 194 Å². The molecule has 2 aromatic carbocycles. The van der Waals surface area contributed by atoms with Crippen molar-refractivity contribution in [3.8, 4) is 5.75 Å². The van der Waals surface area contributed by atoms with Crippen LogP contribution in [0.2, 0.25) is 10.0 Å². The number of aliphatic hydroxyl groups excluding tert-OH is 1. The molecule has 1 amide bonds. The Morgan fingerprint density at radius 1 is 1.19 bits per heavy atom. The van der Waals surface area contributed by atoms with E-state index in [0.717, 1.165) is 24.6 Å². The van der Waals surface area contributed by atoms with Gasteiger partial charge in [-0.2, -0.15) is 0 Å². The van der Waals surface area contributed by atoms with Crippen LogP contribution in [-0.4, -0.2) is 42.4 Å². The molecule has 0 saturated heterocycles. The van der Waals surface area contributed by atoms with Gasteiger partial charge in [0.1, 0.15) is 29.9 Å². The Hall–Kier alpha value is -2.32. The van der Waals surface area contributed by atoms with Crippen molar-refractivity contribution in [3.63, 3.8) is 0 Å². The van der Waals surface area contributed by atoms with Crippen LogP contribution in [0.1, 0.15) is 29.8 Å². The maximum absolute atomic E-state index is 13.4. The highest BCUT2D eigenvalue weighted by atomic mass is 35.5. The predicted octanol–water partition coefficient (Wildman–Crippen LogP) is 4.56. The molecular formula is C23H23Cl2FN2O4. The maximum atomic E-state index is 13.4. The van der Waals surface area contributed by atoms with E-state index in [1.807, 2.05) is 0 Å². The second-order valence-corrected chi connectivity index (χ2v) is 8.77. The summed E-state index contributed by atoms with van der Waals surface area (Å²) < 4.78 is 24.5. The van der Waals surface area contributed by atoms with E-state index in [4.69, 9.17) is 32.4 Å². The van der Waals surface area contributed by atoms with E-state index < -0.39 is 11.9 Å². The van der Waals surface area contributed by atoms with Gasteiger partial charge in [-0.15, -0.1) is 0 Å². The third kappa shape index (κ3) is 5.72. The molecule has 0 aliphatic heterocycles. The predicted molar refractivity (Wildman–Crippen MR) is 121 cm³/mol. The first-order valence-corrected chi connectivity index (χ1v) is 11.1. The van der Waals surface area contributed by atoms with Crippen LogP contribution in [0.15, 0.2) is 46.9 Å². The highest BCUT2D eigenvalue weighted by Gasteiger charge is 2.27. The second kappa shape index (κ2) is 10.1. The standard InChI is InChI=1S/C23H23Cl2FN2O4/c24-14-1-6-21-13(7-14)8-22(32-21)23(30)28-16-3-2-15(9-16)27-11-17(29)12-31-18-4-5-19(25)20(26)10-18/h1,4-8,10,15-17,27,29H,2-3,9,11-12H2,(H,28,30)/t15-,16-,17?/m0/s1. The smallest absolute Gasteiger partial charge is 0.287 e. The molecule has 9 heteroatoms. The molecule has 3 N–H and O–H groups in total. The largest absolute Gasteiger partial charge is 0.491 e. The van der Waals surface area contributed by atoms with Crippen molar-refractivity contribution in [2.24, 2.45) is 0 Å². The first-order chi connectivity index (χ1) is 15.4. The molecule has 1 aliphatic rings. The molecule has 0 radical (unpaired) electrons. The molecule has 6 nitrogen and oxygen atoms in total. The maximum Gasteiger partial charge on any atom is 0.287 e. The number of furan rings is 1. The van der Waals surface area contributed by atoms with Gasteiger partial charge in [0.05, 0.1) is 5.02 Å². The van der Waals surface area contributed by atoms with E-state index in [2.05, 4.69) is 10.6 Å². The fourth-order valence-corrected chi connectivity index (χ4v) is 4.10. The van der Waals surface area contributed by atoms with Crippen LogP contribution in [0.3, 0.4) is 0 Å². The third-order valence-electron chi connectivity index (χ3n) is 5.45. The summed E-state index contributed by atoms with van der Waals surface area (Å²) in [7, 11) is 0. The van der Waals surface area contributed by atoms with Crippen molar-refractivity contribution in [3.05, 3.63) is 64.1 Å². The van der Waals surface area contributed by atoms with E-state index in [0.29, 0.717) is 22.9 Å². The highest BCUT2D eigenvalue weighted by molar-refractivity contribution is 6.31. The zero-order chi connectivity index (χ0) is 22.7. The van der Waals surface area contributed by atoms with Crippen LogP contribution in [-0.2, 0) is 0 Å². The van der Waals surface area contributed by atoms with Gasteiger partial charge in [0.25, 0.3) is 5.91 Å². The van der Waals surface area contributed by atoms with Crippen LogP contribution in [0.25, 0.3) is 11.0 Å². The van der Waals surface area contributed by atoms with Crippen molar-refractivity contribution >= 4 is 40.1 Å². The van der Waals surface area contributed by atoms with Crippen molar-refractivity contribution in [2.45, 2.75) is 37.5 Å². The summed E-state index contributed by atoms with van der Waals surface area (Å²) in [5, 5.41) is 17.8. The van der Waals surface area contributed by atoms with Gasteiger partial charge >= 0.3 is 0 Å². The molecular weight excluding hydrogens is 458 g/mol. The lowest BCUT2D eigenvalue weighted by Gasteiger charge is -2.17. The number of hydrogen-bond donors (Lipinski definition) is 3. The molecule has 1 saturated carbocycles. The van der Waals surface area contributed by atoms with Gasteiger partial charge in [-0.05, 0) is 55.7 Å². The molecule has 3 atom stereocenters. The molecule has 1 aliphatic carbocycles. The quantitative estimate of drug-likeness (QED) is 0.440. The van der Waals surface area contributed by atoms with E-state index in [1.165, 1.54) is 12.1 Å².